The molecule has 0 aliphatic rings. The van der Waals surface area contributed by atoms with Crippen molar-refractivity contribution < 1.29 is 0 Å². The van der Waals surface area contributed by atoms with Crippen LogP contribution in [0, 0.1) is 0 Å². The van der Waals surface area contributed by atoms with Crippen molar-refractivity contribution in [1.82, 2.24) is 0 Å². The van der Waals surface area contributed by atoms with Gasteiger partial charge in [0.2, 0.25) is 0 Å². The molecule has 0 radical (unpaired) electrons. The van der Waals surface area contributed by atoms with E-state index in [9.17, 15) is 0 Å². The van der Waals surface area contributed by atoms with Crippen LogP contribution in [0.3, 0.4) is 0 Å². The van der Waals surface area contributed by atoms with Gasteiger partial charge in [0.05, 0.1) is 10.7 Å². The Hall–Kier alpha value is -1.21. The molecule has 0 atom stereocenters. The number of nitrogens with two attached hydrogens (primary N) is 1. The highest BCUT2D eigenvalue weighted by molar-refractivity contribution is 6.33. The van der Waals surface area contributed by atoms with Gasteiger partial charge in [-0.05, 0) is 37.1 Å². The van der Waals surface area contributed by atoms with E-state index in [0.717, 1.165) is 11.1 Å². The molecule has 0 amide bonds. The molecule has 0 heterocycles. The van der Waals surface area contributed by atoms with Crippen molar-refractivity contribution in [2.45, 2.75) is 13.8 Å². The van der Waals surface area contributed by atoms with Crippen LogP contribution in [-0.4, -0.2) is 0 Å². The predicted molar refractivity (Wildman–Crippen MR) is 65.3 cm³/mol. The molecule has 0 fully saturated rings. The monoisotopic (exact) mass is 207 g/mol. The first-order valence-electron chi connectivity index (χ1n) is 4.41. The van der Waals surface area contributed by atoms with Crippen LogP contribution < -0.4 is 5.73 Å². The summed E-state index contributed by atoms with van der Waals surface area (Å²) < 4.78 is 0. The van der Waals surface area contributed by atoms with E-state index >= 15 is 0 Å². The summed E-state index contributed by atoms with van der Waals surface area (Å²) in [6, 6.07) is 3.70. The maximum absolute atomic E-state index is 5.91. The molecule has 0 spiro atoms. The largest absolute Gasteiger partial charge is 0.398 e. The number of halogens is 1. The molecule has 1 rings (SSSR count). The second-order valence-corrected chi connectivity index (χ2v) is 3.84. The molecule has 1 aromatic carbocycles. The Morgan fingerprint density at radius 2 is 2.00 bits per heavy atom. The fourth-order valence-electron chi connectivity index (χ4n) is 1.24. The van der Waals surface area contributed by atoms with Gasteiger partial charge in [-0.1, -0.05) is 35.9 Å². The van der Waals surface area contributed by atoms with Crippen LogP contribution >= 0.6 is 11.6 Å². The maximum Gasteiger partial charge on any atom is 0.0641 e. The first kappa shape index (κ1) is 10.9. The highest BCUT2D eigenvalue weighted by Crippen LogP contribution is 2.25. The molecule has 1 nitrogen and oxygen atoms in total. The van der Waals surface area contributed by atoms with Crippen molar-refractivity contribution in [2.75, 3.05) is 5.73 Å². The second kappa shape index (κ2) is 4.34. The first-order valence-corrected chi connectivity index (χ1v) is 4.78. The van der Waals surface area contributed by atoms with Crippen molar-refractivity contribution in [3.63, 3.8) is 0 Å². The van der Waals surface area contributed by atoms with Gasteiger partial charge in [0, 0.05) is 0 Å². The third-order valence-corrected chi connectivity index (χ3v) is 2.19. The van der Waals surface area contributed by atoms with E-state index < -0.39 is 0 Å². The Morgan fingerprint density at radius 1 is 1.36 bits per heavy atom. The summed E-state index contributed by atoms with van der Waals surface area (Å²) in [6.45, 7) is 7.82. The van der Waals surface area contributed by atoms with Gasteiger partial charge in [-0.25, -0.2) is 0 Å². The molecule has 2 heteroatoms. The minimum atomic E-state index is 0.575. The predicted octanol–water partition coefficient (Wildman–Crippen LogP) is 3.99. The SMILES string of the molecule is C=Cc1cc(Cl)c(N)cc1C=C(C)C. The van der Waals surface area contributed by atoms with Crippen LogP contribution in [0.4, 0.5) is 5.69 Å². The smallest absolute Gasteiger partial charge is 0.0641 e. The lowest BCUT2D eigenvalue weighted by Crippen LogP contribution is -1.90. The Kier molecular flexibility index (Phi) is 3.37. The average Bonchev–Trinajstić information content (AvgIpc) is 2.10. The van der Waals surface area contributed by atoms with Gasteiger partial charge in [0.25, 0.3) is 0 Å². The van der Waals surface area contributed by atoms with Crippen LogP contribution in [0.2, 0.25) is 5.02 Å². The molecule has 0 bridgehead atoms. The second-order valence-electron chi connectivity index (χ2n) is 3.43. The number of allylic oxidation sites excluding steroid dienone is 1. The summed E-state index contributed by atoms with van der Waals surface area (Å²) in [5.41, 5.74) is 9.61. The van der Waals surface area contributed by atoms with Gasteiger partial charge in [-0.15, -0.1) is 0 Å². The fourth-order valence-corrected chi connectivity index (χ4v) is 1.41. The first-order chi connectivity index (χ1) is 6.54. The summed E-state index contributed by atoms with van der Waals surface area (Å²) in [6.07, 6.45) is 3.84. The van der Waals surface area contributed by atoms with Crippen LogP contribution in [0.5, 0.6) is 0 Å². The lowest BCUT2D eigenvalue weighted by molar-refractivity contribution is 1.42. The minimum Gasteiger partial charge on any atom is -0.398 e. The Labute approximate surface area is 89.9 Å². The Bertz CT molecular complexity index is 388. The molecule has 2 N–H and O–H groups in total. The molecule has 74 valence electrons. The zero-order chi connectivity index (χ0) is 10.7. The average molecular weight is 208 g/mol. The maximum atomic E-state index is 5.91. The van der Waals surface area contributed by atoms with E-state index in [2.05, 4.69) is 12.7 Å². The van der Waals surface area contributed by atoms with Crippen molar-refractivity contribution >= 4 is 29.4 Å². The standard InChI is InChI=1S/C12H14ClN/c1-4-9-6-11(13)12(14)7-10(9)5-8(2)3/h4-7H,1,14H2,2-3H3. The van der Waals surface area contributed by atoms with E-state index in [1.165, 1.54) is 5.57 Å². The molecule has 1 aromatic rings. The van der Waals surface area contributed by atoms with E-state index in [0.29, 0.717) is 10.7 Å². The summed E-state index contributed by atoms with van der Waals surface area (Å²) in [5.74, 6) is 0. The van der Waals surface area contributed by atoms with E-state index in [4.69, 9.17) is 17.3 Å². The molecular formula is C12H14ClN. The number of benzene rings is 1. The zero-order valence-corrected chi connectivity index (χ0v) is 9.23. The lowest BCUT2D eigenvalue weighted by atomic mass is 10.0. The number of rotatable bonds is 2. The number of hydrogen-bond donors (Lipinski definition) is 1. The van der Waals surface area contributed by atoms with Crippen molar-refractivity contribution in [3.8, 4) is 0 Å². The summed E-state index contributed by atoms with van der Waals surface area (Å²) >= 11 is 5.91. The van der Waals surface area contributed by atoms with Gasteiger partial charge in [0.15, 0.2) is 0 Å². The van der Waals surface area contributed by atoms with Crippen molar-refractivity contribution in [2.24, 2.45) is 0 Å². The van der Waals surface area contributed by atoms with Gasteiger partial charge in [0.1, 0.15) is 0 Å². The summed E-state index contributed by atoms with van der Waals surface area (Å²) in [7, 11) is 0. The minimum absolute atomic E-state index is 0.575. The molecule has 14 heavy (non-hydrogen) atoms. The quantitative estimate of drug-likeness (QED) is 0.730. The van der Waals surface area contributed by atoms with E-state index in [1.54, 1.807) is 6.08 Å². The van der Waals surface area contributed by atoms with Crippen LogP contribution in [0.1, 0.15) is 25.0 Å². The van der Waals surface area contributed by atoms with Gasteiger partial charge >= 0.3 is 0 Å². The molecule has 0 saturated carbocycles. The summed E-state index contributed by atoms with van der Waals surface area (Å²) in [5, 5.41) is 0.575. The topological polar surface area (TPSA) is 26.0 Å². The number of anilines is 1. The molecule has 0 aromatic heterocycles. The highest BCUT2D eigenvalue weighted by atomic mass is 35.5. The zero-order valence-electron chi connectivity index (χ0n) is 8.47. The van der Waals surface area contributed by atoms with Crippen LogP contribution in [0.15, 0.2) is 24.3 Å². The lowest BCUT2D eigenvalue weighted by Gasteiger charge is -2.05. The van der Waals surface area contributed by atoms with Crippen molar-refractivity contribution in [1.29, 1.82) is 0 Å². The van der Waals surface area contributed by atoms with E-state index in [-0.39, 0.29) is 0 Å². The molecule has 0 aliphatic heterocycles. The summed E-state index contributed by atoms with van der Waals surface area (Å²) in [4.78, 5) is 0. The number of hydrogen-bond acceptors (Lipinski definition) is 1. The highest BCUT2D eigenvalue weighted by Gasteiger charge is 2.02. The normalized spacial score (nSPS) is 9.64. The Balaban J connectivity index is 3.34. The van der Waals surface area contributed by atoms with Gasteiger partial charge in [-0.2, -0.15) is 0 Å². The molecular weight excluding hydrogens is 194 g/mol. The third-order valence-electron chi connectivity index (χ3n) is 1.87. The van der Waals surface area contributed by atoms with Gasteiger partial charge < -0.3 is 5.73 Å². The van der Waals surface area contributed by atoms with E-state index in [1.807, 2.05) is 26.0 Å². The van der Waals surface area contributed by atoms with Crippen LogP contribution in [-0.2, 0) is 0 Å². The molecule has 0 saturated heterocycles. The third kappa shape index (κ3) is 2.39. The molecule has 0 unspecified atom stereocenters. The van der Waals surface area contributed by atoms with Gasteiger partial charge in [-0.3, -0.25) is 0 Å². The Morgan fingerprint density at radius 3 is 2.50 bits per heavy atom. The number of nitrogen functional groups attached to an aromatic ring is 1. The van der Waals surface area contributed by atoms with Crippen molar-refractivity contribution in [3.05, 3.63) is 40.4 Å². The fraction of sp³-hybridized carbons (Fsp3) is 0.167. The van der Waals surface area contributed by atoms with Crippen LogP contribution in [0.25, 0.3) is 12.2 Å². The molecule has 0 aliphatic carbocycles.